The average molecular weight is 308 g/mol. The molecule has 1 unspecified atom stereocenters. The van der Waals surface area contributed by atoms with Gasteiger partial charge in [0.25, 0.3) is 0 Å². The molecule has 0 saturated carbocycles. The van der Waals surface area contributed by atoms with E-state index in [9.17, 15) is 0 Å². The highest BCUT2D eigenvalue weighted by molar-refractivity contribution is 9.10. The summed E-state index contributed by atoms with van der Waals surface area (Å²) in [7, 11) is 1.97. The Balaban J connectivity index is 2.35. The van der Waals surface area contributed by atoms with Crippen LogP contribution in [0.25, 0.3) is 0 Å². The van der Waals surface area contributed by atoms with Crippen LogP contribution in [0.2, 0.25) is 0 Å². The third-order valence-corrected chi connectivity index (χ3v) is 3.98. The van der Waals surface area contributed by atoms with E-state index >= 15 is 0 Å². The van der Waals surface area contributed by atoms with Crippen LogP contribution in [-0.4, -0.2) is 16.8 Å². The summed E-state index contributed by atoms with van der Waals surface area (Å²) >= 11 is 3.59. The zero-order chi connectivity index (χ0) is 13.1. The van der Waals surface area contributed by atoms with Gasteiger partial charge < -0.3 is 5.32 Å². The standard InChI is InChI=1S/C14H18BrN3/c1-4-18-9-12(8-17-18)14(16-3)11-6-5-10(2)13(15)7-11/h5-9,14,16H,4H2,1-3H3. The molecule has 18 heavy (non-hydrogen) atoms. The molecule has 1 atom stereocenters. The quantitative estimate of drug-likeness (QED) is 0.939. The number of hydrogen-bond acceptors (Lipinski definition) is 2. The molecule has 2 aromatic rings. The van der Waals surface area contributed by atoms with Crippen LogP contribution in [0.4, 0.5) is 0 Å². The van der Waals surface area contributed by atoms with Gasteiger partial charge in [0.15, 0.2) is 0 Å². The molecule has 4 heteroatoms. The summed E-state index contributed by atoms with van der Waals surface area (Å²) in [6.45, 7) is 5.08. The summed E-state index contributed by atoms with van der Waals surface area (Å²) < 4.78 is 3.09. The van der Waals surface area contributed by atoms with Gasteiger partial charge in [-0.1, -0.05) is 28.1 Å². The second-order valence-corrected chi connectivity index (χ2v) is 5.21. The molecule has 1 aromatic carbocycles. The Bertz CT molecular complexity index is 534. The van der Waals surface area contributed by atoms with Crippen molar-refractivity contribution in [3.05, 3.63) is 51.8 Å². The van der Waals surface area contributed by atoms with E-state index in [1.165, 1.54) is 16.7 Å². The lowest BCUT2D eigenvalue weighted by Gasteiger charge is -2.16. The first-order valence-electron chi connectivity index (χ1n) is 6.11. The number of aromatic nitrogens is 2. The van der Waals surface area contributed by atoms with Gasteiger partial charge in [-0.25, -0.2) is 0 Å². The summed E-state index contributed by atoms with van der Waals surface area (Å²) in [5, 5.41) is 7.68. The van der Waals surface area contributed by atoms with Crippen LogP contribution >= 0.6 is 15.9 Å². The minimum absolute atomic E-state index is 0.183. The fraction of sp³-hybridized carbons (Fsp3) is 0.357. The largest absolute Gasteiger partial charge is 0.309 e. The van der Waals surface area contributed by atoms with E-state index in [-0.39, 0.29) is 6.04 Å². The lowest BCUT2D eigenvalue weighted by atomic mass is 10.0. The smallest absolute Gasteiger partial charge is 0.0605 e. The summed E-state index contributed by atoms with van der Waals surface area (Å²) in [6.07, 6.45) is 4.02. The zero-order valence-corrected chi connectivity index (χ0v) is 12.5. The van der Waals surface area contributed by atoms with Crippen LogP contribution in [0.1, 0.15) is 29.7 Å². The second-order valence-electron chi connectivity index (χ2n) is 4.36. The molecule has 0 aliphatic carbocycles. The van der Waals surface area contributed by atoms with Crippen molar-refractivity contribution in [1.82, 2.24) is 15.1 Å². The Morgan fingerprint density at radius 3 is 2.72 bits per heavy atom. The molecule has 0 spiro atoms. The third kappa shape index (κ3) is 2.65. The van der Waals surface area contributed by atoms with Gasteiger partial charge in [-0.3, -0.25) is 4.68 Å². The number of nitrogens with one attached hydrogen (secondary N) is 1. The van der Waals surface area contributed by atoms with Crippen LogP contribution in [0.15, 0.2) is 35.1 Å². The van der Waals surface area contributed by atoms with E-state index < -0.39 is 0 Å². The highest BCUT2D eigenvalue weighted by atomic mass is 79.9. The first-order valence-corrected chi connectivity index (χ1v) is 6.90. The predicted octanol–water partition coefficient (Wildman–Crippen LogP) is 3.28. The lowest BCUT2D eigenvalue weighted by molar-refractivity contribution is 0.653. The molecule has 0 fully saturated rings. The average Bonchev–Trinajstić information content (AvgIpc) is 2.83. The van der Waals surface area contributed by atoms with Crippen molar-refractivity contribution >= 4 is 15.9 Å². The van der Waals surface area contributed by atoms with Crippen molar-refractivity contribution < 1.29 is 0 Å². The van der Waals surface area contributed by atoms with Crippen LogP contribution < -0.4 is 5.32 Å². The van der Waals surface area contributed by atoms with Crippen LogP contribution in [0, 0.1) is 6.92 Å². The number of benzene rings is 1. The normalized spacial score (nSPS) is 12.7. The molecular weight excluding hydrogens is 290 g/mol. The van der Waals surface area contributed by atoms with Crippen molar-refractivity contribution in [1.29, 1.82) is 0 Å². The Morgan fingerprint density at radius 2 is 2.17 bits per heavy atom. The summed E-state index contributed by atoms with van der Waals surface area (Å²) in [5.41, 5.74) is 3.68. The van der Waals surface area contributed by atoms with Crippen LogP contribution in [0.5, 0.6) is 0 Å². The monoisotopic (exact) mass is 307 g/mol. The molecule has 0 aliphatic heterocycles. The Hall–Kier alpha value is -1.13. The number of halogens is 1. The molecule has 3 nitrogen and oxygen atoms in total. The van der Waals surface area contributed by atoms with Crippen molar-refractivity contribution in [3.63, 3.8) is 0 Å². The van der Waals surface area contributed by atoms with E-state index in [1.807, 2.05) is 17.9 Å². The number of nitrogens with zero attached hydrogens (tertiary/aromatic N) is 2. The number of rotatable bonds is 4. The Morgan fingerprint density at radius 1 is 1.39 bits per heavy atom. The summed E-state index contributed by atoms with van der Waals surface area (Å²) in [6, 6.07) is 6.64. The minimum Gasteiger partial charge on any atom is -0.309 e. The van der Waals surface area contributed by atoms with Crippen LogP contribution in [0.3, 0.4) is 0 Å². The predicted molar refractivity (Wildman–Crippen MR) is 77.7 cm³/mol. The Labute approximate surface area is 116 Å². The Kier molecular flexibility index (Phi) is 4.19. The summed E-state index contributed by atoms with van der Waals surface area (Å²) in [5.74, 6) is 0. The van der Waals surface area contributed by atoms with Crippen LogP contribution in [-0.2, 0) is 6.54 Å². The fourth-order valence-corrected chi connectivity index (χ4v) is 2.41. The van der Waals surface area contributed by atoms with Gasteiger partial charge in [0.2, 0.25) is 0 Å². The lowest BCUT2D eigenvalue weighted by Crippen LogP contribution is -2.17. The van der Waals surface area contributed by atoms with E-state index in [0.717, 1.165) is 11.0 Å². The molecule has 2 rings (SSSR count). The molecule has 0 saturated heterocycles. The second kappa shape index (κ2) is 5.67. The minimum atomic E-state index is 0.183. The van der Waals surface area contributed by atoms with Crippen molar-refractivity contribution in [3.8, 4) is 0 Å². The number of aryl methyl sites for hydroxylation is 2. The molecule has 1 aromatic heterocycles. The summed E-state index contributed by atoms with van der Waals surface area (Å²) in [4.78, 5) is 0. The van der Waals surface area contributed by atoms with Gasteiger partial charge in [0.1, 0.15) is 0 Å². The number of hydrogen-bond donors (Lipinski definition) is 1. The molecule has 96 valence electrons. The van der Waals surface area contributed by atoms with Gasteiger partial charge in [0.05, 0.1) is 12.2 Å². The van der Waals surface area contributed by atoms with E-state index in [1.54, 1.807) is 0 Å². The molecule has 0 aliphatic rings. The highest BCUT2D eigenvalue weighted by Gasteiger charge is 2.14. The van der Waals surface area contributed by atoms with Gasteiger partial charge >= 0.3 is 0 Å². The third-order valence-electron chi connectivity index (χ3n) is 3.13. The maximum absolute atomic E-state index is 4.33. The van der Waals surface area contributed by atoms with E-state index in [2.05, 4.69) is 64.6 Å². The first-order chi connectivity index (χ1) is 8.65. The molecular formula is C14H18BrN3. The van der Waals surface area contributed by atoms with E-state index in [4.69, 9.17) is 0 Å². The maximum atomic E-state index is 4.33. The van der Waals surface area contributed by atoms with Gasteiger partial charge in [0, 0.05) is 22.8 Å². The van der Waals surface area contributed by atoms with Crippen molar-refractivity contribution in [2.75, 3.05) is 7.05 Å². The van der Waals surface area contributed by atoms with Gasteiger partial charge in [-0.15, -0.1) is 0 Å². The molecule has 1 heterocycles. The van der Waals surface area contributed by atoms with Crippen molar-refractivity contribution in [2.24, 2.45) is 0 Å². The fourth-order valence-electron chi connectivity index (χ4n) is 2.02. The highest BCUT2D eigenvalue weighted by Crippen LogP contribution is 2.26. The van der Waals surface area contributed by atoms with Crippen molar-refractivity contribution in [2.45, 2.75) is 26.4 Å². The van der Waals surface area contributed by atoms with Gasteiger partial charge in [-0.2, -0.15) is 5.10 Å². The zero-order valence-electron chi connectivity index (χ0n) is 10.9. The maximum Gasteiger partial charge on any atom is 0.0605 e. The SMILES string of the molecule is CCn1cc(C(NC)c2ccc(C)c(Br)c2)cn1. The topological polar surface area (TPSA) is 29.9 Å². The molecule has 0 bridgehead atoms. The molecule has 1 N–H and O–H groups in total. The van der Waals surface area contributed by atoms with Gasteiger partial charge in [-0.05, 0) is 38.1 Å². The first kappa shape index (κ1) is 13.3. The molecule has 0 radical (unpaired) electrons. The molecule has 0 amide bonds. The van der Waals surface area contributed by atoms with E-state index in [0.29, 0.717) is 0 Å².